The van der Waals surface area contributed by atoms with Gasteiger partial charge in [0.15, 0.2) is 0 Å². The van der Waals surface area contributed by atoms with Crippen LogP contribution in [0.25, 0.3) is 0 Å². The maximum Gasteiger partial charge on any atom is 0.0677 e. The molecule has 1 unspecified atom stereocenters. The van der Waals surface area contributed by atoms with Gasteiger partial charge >= 0.3 is 0 Å². The van der Waals surface area contributed by atoms with Crippen molar-refractivity contribution in [1.82, 2.24) is 5.32 Å². The smallest absolute Gasteiger partial charge is 0.0677 e. The third-order valence-electron chi connectivity index (χ3n) is 4.41. The van der Waals surface area contributed by atoms with Gasteiger partial charge in [0, 0.05) is 11.4 Å². The molecule has 0 amide bonds. The Morgan fingerprint density at radius 2 is 1.90 bits per heavy atom. The average Bonchev–Trinajstić information content (AvgIpc) is 2.93. The molecule has 2 N–H and O–H groups in total. The van der Waals surface area contributed by atoms with E-state index < -0.39 is 0 Å². The normalized spacial score (nSPS) is 20.5. The number of nitrogens with one attached hydrogen (secondary N) is 1. The van der Waals surface area contributed by atoms with Gasteiger partial charge in [0.05, 0.1) is 12.1 Å². The number of aliphatic hydroxyl groups is 1. The van der Waals surface area contributed by atoms with Crippen LogP contribution in [0, 0.1) is 0 Å². The second kappa shape index (κ2) is 6.22. The molecule has 0 bridgehead atoms. The molecule has 0 aliphatic heterocycles. The molecule has 21 heavy (non-hydrogen) atoms. The fourth-order valence-electron chi connectivity index (χ4n) is 3.11. The van der Waals surface area contributed by atoms with Crippen molar-refractivity contribution in [2.24, 2.45) is 0 Å². The molecule has 2 aromatic carbocycles. The minimum atomic E-state index is -0.283. The lowest BCUT2D eigenvalue weighted by Crippen LogP contribution is -2.43. The minimum absolute atomic E-state index is 0.146. The number of aliphatic hydroxyl groups excluding tert-OH is 1. The summed E-state index contributed by atoms with van der Waals surface area (Å²) in [6.07, 6.45) is 4.09. The van der Waals surface area contributed by atoms with Gasteiger partial charge in [-0.15, -0.1) is 11.8 Å². The Morgan fingerprint density at radius 1 is 1.14 bits per heavy atom. The zero-order valence-electron chi connectivity index (χ0n) is 12.3. The van der Waals surface area contributed by atoms with Crippen molar-refractivity contribution in [2.75, 3.05) is 12.9 Å². The molecule has 0 saturated carbocycles. The summed E-state index contributed by atoms with van der Waals surface area (Å²) < 4.78 is 0. The largest absolute Gasteiger partial charge is 0.394 e. The predicted molar refractivity (Wildman–Crippen MR) is 88.6 cm³/mol. The number of aryl methyl sites for hydroxylation is 1. The second-order valence-corrected chi connectivity index (χ2v) is 6.48. The van der Waals surface area contributed by atoms with Crippen molar-refractivity contribution >= 4 is 11.8 Å². The summed E-state index contributed by atoms with van der Waals surface area (Å²) in [6, 6.07) is 17.1. The Labute approximate surface area is 130 Å². The molecule has 0 fully saturated rings. The van der Waals surface area contributed by atoms with E-state index in [1.807, 2.05) is 0 Å². The van der Waals surface area contributed by atoms with Crippen LogP contribution >= 0.6 is 11.8 Å². The fraction of sp³-hybridized carbons (Fsp3) is 0.333. The van der Waals surface area contributed by atoms with Gasteiger partial charge in [-0.1, -0.05) is 36.4 Å². The van der Waals surface area contributed by atoms with E-state index in [0.29, 0.717) is 0 Å². The van der Waals surface area contributed by atoms with E-state index in [4.69, 9.17) is 0 Å². The van der Waals surface area contributed by atoms with Gasteiger partial charge in [0.2, 0.25) is 0 Å². The lowest BCUT2D eigenvalue weighted by atomic mass is 9.92. The number of thioether (sulfide) groups is 1. The Balaban J connectivity index is 1.76. The number of fused-ring (bicyclic) bond motifs is 1. The quantitative estimate of drug-likeness (QED) is 0.831. The summed E-state index contributed by atoms with van der Waals surface area (Å²) in [4.78, 5) is 1.28. The van der Waals surface area contributed by atoms with Crippen molar-refractivity contribution in [1.29, 1.82) is 0 Å². The number of hydrogen-bond donors (Lipinski definition) is 2. The molecule has 3 rings (SSSR count). The molecule has 0 radical (unpaired) electrons. The highest BCUT2D eigenvalue weighted by atomic mass is 32.2. The maximum atomic E-state index is 9.96. The molecule has 2 nitrogen and oxygen atoms in total. The Bertz CT molecular complexity index is 611. The summed E-state index contributed by atoms with van der Waals surface area (Å²) in [5, 5.41) is 13.6. The van der Waals surface area contributed by atoms with Gasteiger partial charge in [-0.05, 0) is 47.9 Å². The van der Waals surface area contributed by atoms with E-state index in [-0.39, 0.29) is 12.1 Å². The third kappa shape index (κ3) is 2.86. The van der Waals surface area contributed by atoms with Crippen molar-refractivity contribution in [3.05, 3.63) is 65.2 Å². The van der Waals surface area contributed by atoms with Gasteiger partial charge in [0.25, 0.3) is 0 Å². The first-order valence-electron chi connectivity index (χ1n) is 7.35. The molecule has 3 heteroatoms. The van der Waals surface area contributed by atoms with Crippen molar-refractivity contribution < 1.29 is 5.11 Å². The summed E-state index contributed by atoms with van der Waals surface area (Å²) in [5.74, 6) is 0. The maximum absolute atomic E-state index is 9.96. The molecular formula is C18H21NOS. The Morgan fingerprint density at radius 3 is 2.62 bits per heavy atom. The summed E-state index contributed by atoms with van der Waals surface area (Å²) in [5.41, 5.74) is 3.59. The summed E-state index contributed by atoms with van der Waals surface area (Å²) in [6.45, 7) is 0.927. The molecule has 0 heterocycles. The highest BCUT2D eigenvalue weighted by Gasteiger charge is 2.37. The Kier molecular flexibility index (Phi) is 4.34. The first kappa shape index (κ1) is 14.6. The molecular weight excluding hydrogens is 278 g/mol. The first-order chi connectivity index (χ1) is 10.3. The lowest BCUT2D eigenvalue weighted by Gasteiger charge is -2.30. The topological polar surface area (TPSA) is 32.3 Å². The molecule has 0 spiro atoms. The SMILES string of the molecule is CSc1ccc(CNC2(CO)CCc3ccccc32)cc1. The second-order valence-electron chi connectivity index (χ2n) is 5.60. The van der Waals surface area contributed by atoms with Crippen LogP contribution in [0.1, 0.15) is 23.1 Å². The van der Waals surface area contributed by atoms with Crippen LogP contribution in [-0.4, -0.2) is 18.0 Å². The van der Waals surface area contributed by atoms with E-state index in [1.54, 1.807) is 11.8 Å². The van der Waals surface area contributed by atoms with Crippen LogP contribution in [0.15, 0.2) is 53.4 Å². The average molecular weight is 299 g/mol. The molecule has 1 aliphatic carbocycles. The number of benzene rings is 2. The van der Waals surface area contributed by atoms with Gasteiger partial charge in [-0.2, -0.15) is 0 Å². The van der Waals surface area contributed by atoms with E-state index in [2.05, 4.69) is 60.1 Å². The summed E-state index contributed by atoms with van der Waals surface area (Å²) in [7, 11) is 0. The summed E-state index contributed by atoms with van der Waals surface area (Å²) >= 11 is 1.75. The molecule has 110 valence electrons. The van der Waals surface area contributed by atoms with E-state index in [9.17, 15) is 5.11 Å². The van der Waals surface area contributed by atoms with Crippen LogP contribution in [0.4, 0.5) is 0 Å². The van der Waals surface area contributed by atoms with Crippen LogP contribution in [0.5, 0.6) is 0 Å². The van der Waals surface area contributed by atoms with Gasteiger partial charge in [-0.3, -0.25) is 0 Å². The van der Waals surface area contributed by atoms with Crippen LogP contribution in [0.3, 0.4) is 0 Å². The van der Waals surface area contributed by atoms with Crippen LogP contribution in [-0.2, 0) is 18.5 Å². The number of hydrogen-bond acceptors (Lipinski definition) is 3. The molecule has 2 aromatic rings. The van der Waals surface area contributed by atoms with E-state index in [0.717, 1.165) is 19.4 Å². The van der Waals surface area contributed by atoms with Gasteiger partial charge in [0.1, 0.15) is 0 Å². The monoisotopic (exact) mass is 299 g/mol. The van der Waals surface area contributed by atoms with E-state index in [1.165, 1.54) is 21.6 Å². The highest BCUT2D eigenvalue weighted by molar-refractivity contribution is 7.98. The standard InChI is InChI=1S/C18H21NOS/c1-21-16-8-6-14(7-9-16)12-19-18(13-20)11-10-15-4-2-3-5-17(15)18/h2-9,19-20H,10-13H2,1H3. The molecule has 0 saturated heterocycles. The van der Waals surface area contributed by atoms with Crippen molar-refractivity contribution in [3.63, 3.8) is 0 Å². The lowest BCUT2D eigenvalue weighted by molar-refractivity contribution is 0.159. The van der Waals surface area contributed by atoms with Crippen molar-refractivity contribution in [3.8, 4) is 0 Å². The van der Waals surface area contributed by atoms with Crippen LogP contribution < -0.4 is 5.32 Å². The predicted octanol–water partition coefficient (Wildman–Crippen LogP) is 3.33. The molecule has 1 atom stereocenters. The number of rotatable bonds is 5. The van der Waals surface area contributed by atoms with Gasteiger partial charge < -0.3 is 10.4 Å². The minimum Gasteiger partial charge on any atom is -0.394 e. The van der Waals surface area contributed by atoms with Crippen LogP contribution in [0.2, 0.25) is 0 Å². The first-order valence-corrected chi connectivity index (χ1v) is 8.57. The van der Waals surface area contributed by atoms with E-state index >= 15 is 0 Å². The zero-order chi connectivity index (χ0) is 14.7. The third-order valence-corrected chi connectivity index (χ3v) is 5.16. The molecule has 1 aliphatic rings. The van der Waals surface area contributed by atoms with Crippen molar-refractivity contribution in [2.45, 2.75) is 29.8 Å². The van der Waals surface area contributed by atoms with Gasteiger partial charge in [-0.25, -0.2) is 0 Å². The highest BCUT2D eigenvalue weighted by Crippen LogP contribution is 2.36. The zero-order valence-corrected chi connectivity index (χ0v) is 13.1. The Hall–Kier alpha value is -1.29. The molecule has 0 aromatic heterocycles. The fourth-order valence-corrected chi connectivity index (χ4v) is 3.51.